The second-order valence-corrected chi connectivity index (χ2v) is 4.00. The van der Waals surface area contributed by atoms with E-state index in [-0.39, 0.29) is 20.1 Å². The van der Waals surface area contributed by atoms with Gasteiger partial charge in [-0.2, -0.15) is 0 Å². The summed E-state index contributed by atoms with van der Waals surface area (Å²) < 4.78 is 0. The van der Waals surface area contributed by atoms with E-state index >= 15 is 0 Å². The summed E-state index contributed by atoms with van der Waals surface area (Å²) in [6, 6.07) is 13.3. The number of aliphatic hydroxyl groups excluding tert-OH is 1. The van der Waals surface area contributed by atoms with E-state index < -0.39 is 5.97 Å². The van der Waals surface area contributed by atoms with Crippen molar-refractivity contribution in [3.05, 3.63) is 53.7 Å². The van der Waals surface area contributed by atoms with Crippen LogP contribution in [0.5, 0.6) is 0 Å². The van der Waals surface area contributed by atoms with Gasteiger partial charge < -0.3 is 14.9 Å². The Balaban J connectivity index is 0.000000576. The summed E-state index contributed by atoms with van der Waals surface area (Å²) >= 11 is 0. The molecule has 0 aliphatic rings. The van der Waals surface area contributed by atoms with Gasteiger partial charge in [-0.15, -0.1) is 34.9 Å². The van der Waals surface area contributed by atoms with Gasteiger partial charge in [0.1, 0.15) is 0 Å². The minimum absolute atomic E-state index is 0. The molecule has 1 aromatic carbocycles. The predicted octanol–water partition coefficient (Wildman–Crippen LogP) is 3.23. The minimum atomic E-state index is -0.583. The molecular weight excluding hydrogens is 418 g/mol. The third-order valence-corrected chi connectivity index (χ3v) is 2.20. The number of benzene rings is 1. The van der Waals surface area contributed by atoms with Crippen molar-refractivity contribution in [2.45, 2.75) is 20.8 Å². The first-order valence-electron chi connectivity index (χ1n) is 5.62. The molecule has 1 aromatic heterocycles. The molecule has 0 atom stereocenters. The van der Waals surface area contributed by atoms with Crippen molar-refractivity contribution in [3.8, 4) is 11.3 Å². The van der Waals surface area contributed by atoms with E-state index in [1.54, 1.807) is 0 Å². The Kier molecular flexibility index (Phi) is 7.89. The van der Waals surface area contributed by atoms with Gasteiger partial charge in [0, 0.05) is 26.3 Å². The Bertz CT molecular complexity index is 523. The molecule has 0 saturated heterocycles. The number of carboxylic acids is 1. The Morgan fingerprint density at radius 1 is 1.32 bits per heavy atom. The van der Waals surface area contributed by atoms with Crippen LogP contribution in [0.1, 0.15) is 18.1 Å². The number of pyridine rings is 1. The van der Waals surface area contributed by atoms with Crippen LogP contribution in [-0.2, 0) is 20.1 Å². The molecule has 2 rings (SSSR count). The average Bonchev–Trinajstić information content (AvgIpc) is 2.29. The molecule has 0 spiro atoms. The number of aryl methyl sites for hydroxylation is 2. The number of hydrogen-bond acceptors (Lipinski definition) is 1. The summed E-state index contributed by atoms with van der Waals surface area (Å²) in [5.74, 6) is -0.583. The SMILES string of the molecule is CC(O)=[OH+].Cc1c[c-]c(-c2ccccn2)c(C)c1.[Ir]. The van der Waals surface area contributed by atoms with Gasteiger partial charge in [0.15, 0.2) is 0 Å². The molecule has 0 amide bonds. The quantitative estimate of drug-likeness (QED) is 0.552. The van der Waals surface area contributed by atoms with E-state index in [1.807, 2.05) is 30.5 Å². The summed E-state index contributed by atoms with van der Waals surface area (Å²) in [5, 5.41) is 7.53. The molecule has 0 unspecified atom stereocenters. The molecule has 19 heavy (non-hydrogen) atoms. The van der Waals surface area contributed by atoms with Crippen LogP contribution in [0.4, 0.5) is 0 Å². The average molecular weight is 436 g/mol. The maximum absolute atomic E-state index is 7.53. The molecule has 4 heteroatoms. The van der Waals surface area contributed by atoms with E-state index in [0.717, 1.165) is 11.3 Å². The fourth-order valence-electron chi connectivity index (χ4n) is 1.54. The fraction of sp³-hybridized carbons (Fsp3) is 0.200. The van der Waals surface area contributed by atoms with Gasteiger partial charge in [-0.05, 0) is 11.8 Å². The van der Waals surface area contributed by atoms with Crippen LogP contribution in [0.3, 0.4) is 0 Å². The van der Waals surface area contributed by atoms with E-state index in [4.69, 9.17) is 9.90 Å². The van der Waals surface area contributed by atoms with E-state index in [2.05, 4.69) is 31.0 Å². The van der Waals surface area contributed by atoms with Crippen molar-refractivity contribution in [1.82, 2.24) is 4.98 Å². The van der Waals surface area contributed by atoms with Gasteiger partial charge in [-0.1, -0.05) is 26.0 Å². The van der Waals surface area contributed by atoms with Crippen molar-refractivity contribution in [2.75, 3.05) is 0 Å². The first-order valence-corrected chi connectivity index (χ1v) is 5.62. The maximum atomic E-state index is 7.53. The fourth-order valence-corrected chi connectivity index (χ4v) is 1.54. The summed E-state index contributed by atoms with van der Waals surface area (Å²) in [6.07, 6.45) is 1.81. The molecule has 0 aliphatic carbocycles. The summed E-state index contributed by atoms with van der Waals surface area (Å²) in [4.78, 5) is 11.8. The monoisotopic (exact) mass is 436 g/mol. The van der Waals surface area contributed by atoms with Gasteiger partial charge in [0.25, 0.3) is 0 Å². The van der Waals surface area contributed by atoms with Crippen LogP contribution >= 0.6 is 0 Å². The van der Waals surface area contributed by atoms with Crippen molar-refractivity contribution < 1.29 is 30.0 Å². The molecule has 3 nitrogen and oxygen atoms in total. The summed E-state index contributed by atoms with van der Waals surface area (Å²) in [6.45, 7) is 5.36. The standard InChI is InChI=1S/C13H12N.C2H4O2.Ir/c1-10-6-7-12(11(2)9-10)13-5-3-4-8-14-13;1-2(3)4;/h3-6,8-9H,1-2H3;1H3,(H,3,4);/q-1;;/p+1. The second-order valence-electron chi connectivity index (χ2n) is 4.00. The molecule has 2 N–H and O–H groups in total. The number of aromatic nitrogens is 1. The van der Waals surface area contributed by atoms with Gasteiger partial charge in [-0.3, -0.25) is 0 Å². The van der Waals surface area contributed by atoms with Crippen molar-refractivity contribution >= 4 is 5.97 Å². The van der Waals surface area contributed by atoms with Gasteiger partial charge in [0.2, 0.25) is 0 Å². The first-order chi connectivity index (χ1) is 8.50. The maximum Gasteiger partial charge on any atom is 0.477 e. The Labute approximate surface area is 127 Å². The predicted molar refractivity (Wildman–Crippen MR) is 73.2 cm³/mol. The van der Waals surface area contributed by atoms with Crippen LogP contribution in [0, 0.1) is 19.9 Å². The third-order valence-electron chi connectivity index (χ3n) is 2.20. The Morgan fingerprint density at radius 3 is 2.42 bits per heavy atom. The van der Waals surface area contributed by atoms with Crippen LogP contribution in [0.25, 0.3) is 11.3 Å². The van der Waals surface area contributed by atoms with E-state index in [1.165, 1.54) is 18.1 Å². The molecule has 0 fully saturated rings. The van der Waals surface area contributed by atoms with Crippen LogP contribution in [0.15, 0.2) is 36.5 Å². The molecule has 2 aromatic rings. The molecular formula is C15H17IrNO2. The molecule has 0 saturated carbocycles. The van der Waals surface area contributed by atoms with E-state index in [0.29, 0.717) is 0 Å². The normalized spacial score (nSPS) is 8.79. The topological polar surface area (TPSA) is 54.5 Å². The summed E-state index contributed by atoms with van der Waals surface area (Å²) in [7, 11) is 0. The number of hydrogen-bond donors (Lipinski definition) is 1. The van der Waals surface area contributed by atoms with Crippen molar-refractivity contribution in [3.63, 3.8) is 0 Å². The van der Waals surface area contributed by atoms with Crippen molar-refractivity contribution in [1.29, 1.82) is 0 Å². The van der Waals surface area contributed by atoms with Gasteiger partial charge >= 0.3 is 5.97 Å². The molecule has 1 radical (unpaired) electrons. The zero-order valence-electron chi connectivity index (χ0n) is 11.1. The van der Waals surface area contributed by atoms with Crippen LogP contribution < -0.4 is 0 Å². The third kappa shape index (κ3) is 6.27. The Hall–Kier alpha value is -1.51. The molecule has 0 aliphatic heterocycles. The molecule has 103 valence electrons. The van der Waals surface area contributed by atoms with Crippen LogP contribution in [0.2, 0.25) is 0 Å². The Morgan fingerprint density at radius 2 is 1.95 bits per heavy atom. The largest absolute Gasteiger partial charge is 0.477 e. The molecule has 0 bridgehead atoms. The van der Waals surface area contributed by atoms with E-state index in [9.17, 15) is 0 Å². The first kappa shape index (κ1) is 17.5. The van der Waals surface area contributed by atoms with Crippen LogP contribution in [-0.4, -0.2) is 20.9 Å². The summed E-state index contributed by atoms with van der Waals surface area (Å²) in [5.41, 5.74) is 4.55. The molecule has 1 heterocycles. The second kappa shape index (κ2) is 8.57. The number of carboxylic acid groups (broad SMARTS) is 1. The zero-order chi connectivity index (χ0) is 13.5. The zero-order valence-corrected chi connectivity index (χ0v) is 13.5. The minimum Gasteiger partial charge on any atom is -0.339 e. The smallest absolute Gasteiger partial charge is 0.339 e. The number of rotatable bonds is 1. The van der Waals surface area contributed by atoms with Gasteiger partial charge in [-0.25, -0.2) is 0 Å². The van der Waals surface area contributed by atoms with Crippen molar-refractivity contribution in [2.24, 2.45) is 0 Å². The van der Waals surface area contributed by atoms with Gasteiger partial charge in [0.05, 0.1) is 6.92 Å². The number of aliphatic carboxylic acids is 1. The number of nitrogens with zero attached hydrogens (tertiary/aromatic N) is 1.